The summed E-state index contributed by atoms with van der Waals surface area (Å²) in [5, 5.41) is 12.1. The van der Waals surface area contributed by atoms with Gasteiger partial charge in [0.15, 0.2) is 0 Å². The van der Waals surface area contributed by atoms with E-state index in [1.807, 2.05) is 0 Å². The SMILES string of the molecule is C#CCCc1cc(O)ccc1NC(=O)OC(C)(C)C. The fourth-order valence-electron chi connectivity index (χ4n) is 1.53. The molecule has 4 nitrogen and oxygen atoms in total. The summed E-state index contributed by atoms with van der Waals surface area (Å²) in [7, 11) is 0. The van der Waals surface area contributed by atoms with E-state index in [0.29, 0.717) is 18.5 Å². The summed E-state index contributed by atoms with van der Waals surface area (Å²) in [4.78, 5) is 11.7. The van der Waals surface area contributed by atoms with Gasteiger partial charge in [-0.1, -0.05) is 0 Å². The van der Waals surface area contributed by atoms with Crippen LogP contribution in [0.25, 0.3) is 0 Å². The first kappa shape index (κ1) is 14.9. The average molecular weight is 261 g/mol. The van der Waals surface area contributed by atoms with Crippen LogP contribution in [0.1, 0.15) is 32.8 Å². The van der Waals surface area contributed by atoms with E-state index in [9.17, 15) is 9.90 Å². The van der Waals surface area contributed by atoms with E-state index < -0.39 is 11.7 Å². The largest absolute Gasteiger partial charge is 0.508 e. The molecule has 0 heterocycles. The van der Waals surface area contributed by atoms with Gasteiger partial charge in [-0.05, 0) is 51.0 Å². The summed E-state index contributed by atoms with van der Waals surface area (Å²) in [6.45, 7) is 5.38. The number of nitrogens with one attached hydrogen (secondary N) is 1. The molecule has 0 spiro atoms. The van der Waals surface area contributed by atoms with E-state index in [1.54, 1.807) is 32.9 Å². The van der Waals surface area contributed by atoms with Crippen molar-refractivity contribution in [2.75, 3.05) is 5.32 Å². The molecule has 1 amide bonds. The highest BCUT2D eigenvalue weighted by Gasteiger charge is 2.17. The lowest BCUT2D eigenvalue weighted by Gasteiger charge is -2.20. The summed E-state index contributed by atoms with van der Waals surface area (Å²) in [6, 6.07) is 4.72. The first-order valence-corrected chi connectivity index (χ1v) is 6.07. The Morgan fingerprint density at radius 3 is 2.74 bits per heavy atom. The van der Waals surface area contributed by atoms with Crippen LogP contribution in [0, 0.1) is 12.3 Å². The maximum Gasteiger partial charge on any atom is 0.412 e. The fourth-order valence-corrected chi connectivity index (χ4v) is 1.53. The van der Waals surface area contributed by atoms with Crippen molar-refractivity contribution in [2.45, 2.75) is 39.2 Å². The van der Waals surface area contributed by atoms with Crippen molar-refractivity contribution in [3.63, 3.8) is 0 Å². The van der Waals surface area contributed by atoms with Crippen LogP contribution in [-0.2, 0) is 11.2 Å². The van der Waals surface area contributed by atoms with Crippen LogP contribution in [0.2, 0.25) is 0 Å². The molecule has 0 atom stereocenters. The number of amides is 1. The van der Waals surface area contributed by atoms with E-state index in [4.69, 9.17) is 11.2 Å². The van der Waals surface area contributed by atoms with Crippen LogP contribution >= 0.6 is 0 Å². The molecule has 2 N–H and O–H groups in total. The minimum absolute atomic E-state index is 0.141. The first-order chi connectivity index (χ1) is 8.81. The fraction of sp³-hybridized carbons (Fsp3) is 0.400. The van der Waals surface area contributed by atoms with Gasteiger partial charge in [-0.2, -0.15) is 0 Å². The molecule has 0 aliphatic carbocycles. The topological polar surface area (TPSA) is 58.6 Å². The van der Waals surface area contributed by atoms with Gasteiger partial charge in [0.05, 0.1) is 0 Å². The third-order valence-electron chi connectivity index (χ3n) is 2.26. The summed E-state index contributed by atoms with van der Waals surface area (Å²) in [6.07, 6.45) is 5.81. The monoisotopic (exact) mass is 261 g/mol. The lowest BCUT2D eigenvalue weighted by atomic mass is 10.1. The summed E-state index contributed by atoms with van der Waals surface area (Å²) < 4.78 is 5.18. The maximum absolute atomic E-state index is 11.7. The van der Waals surface area contributed by atoms with Crippen molar-refractivity contribution in [1.29, 1.82) is 0 Å². The minimum atomic E-state index is -0.556. The van der Waals surface area contributed by atoms with Gasteiger partial charge in [0.1, 0.15) is 11.4 Å². The number of aryl methyl sites for hydroxylation is 1. The number of phenols is 1. The zero-order chi connectivity index (χ0) is 14.5. The second-order valence-electron chi connectivity index (χ2n) is 5.17. The van der Waals surface area contributed by atoms with Crippen LogP contribution in [-0.4, -0.2) is 16.8 Å². The number of ether oxygens (including phenoxy) is 1. The summed E-state index contributed by atoms with van der Waals surface area (Å²) in [5.74, 6) is 2.67. The lowest BCUT2D eigenvalue weighted by Crippen LogP contribution is -2.27. The predicted molar refractivity (Wildman–Crippen MR) is 75.1 cm³/mol. The number of rotatable bonds is 3. The van der Waals surface area contributed by atoms with Gasteiger partial charge in [-0.25, -0.2) is 4.79 Å². The number of carbonyl (C=O) groups is 1. The number of benzene rings is 1. The van der Waals surface area contributed by atoms with Crippen molar-refractivity contribution in [3.05, 3.63) is 23.8 Å². The Morgan fingerprint density at radius 2 is 2.16 bits per heavy atom. The molecule has 102 valence electrons. The lowest BCUT2D eigenvalue weighted by molar-refractivity contribution is 0.0635. The Kier molecular flexibility index (Phi) is 4.82. The van der Waals surface area contributed by atoms with Crippen LogP contribution < -0.4 is 5.32 Å². The number of terminal acetylenes is 1. The van der Waals surface area contributed by atoms with Crippen molar-refractivity contribution in [1.82, 2.24) is 0 Å². The number of anilines is 1. The normalized spacial score (nSPS) is 10.6. The molecule has 1 aromatic rings. The zero-order valence-electron chi connectivity index (χ0n) is 11.5. The molecule has 0 aromatic heterocycles. The van der Waals surface area contributed by atoms with Gasteiger partial charge >= 0.3 is 6.09 Å². The third kappa shape index (κ3) is 5.35. The number of aromatic hydroxyl groups is 1. The minimum Gasteiger partial charge on any atom is -0.508 e. The summed E-state index contributed by atoms with van der Waals surface area (Å²) in [5.41, 5.74) is 0.825. The van der Waals surface area contributed by atoms with Gasteiger partial charge in [-0.3, -0.25) is 5.32 Å². The Bertz CT molecular complexity index is 495. The molecule has 0 unspecified atom stereocenters. The van der Waals surface area contributed by atoms with E-state index in [0.717, 1.165) is 5.56 Å². The first-order valence-electron chi connectivity index (χ1n) is 6.07. The van der Waals surface area contributed by atoms with Gasteiger partial charge in [0, 0.05) is 12.1 Å². The predicted octanol–water partition coefficient (Wildman–Crippen LogP) is 3.31. The Labute approximate surface area is 113 Å². The molecular weight excluding hydrogens is 242 g/mol. The van der Waals surface area contributed by atoms with Crippen molar-refractivity contribution in [3.8, 4) is 18.1 Å². The van der Waals surface area contributed by atoms with Gasteiger partial charge in [0.2, 0.25) is 0 Å². The Balaban J connectivity index is 2.82. The zero-order valence-corrected chi connectivity index (χ0v) is 11.5. The molecule has 1 rings (SSSR count). The highest BCUT2D eigenvalue weighted by atomic mass is 16.6. The number of hydrogen-bond acceptors (Lipinski definition) is 3. The van der Waals surface area contributed by atoms with E-state index in [1.165, 1.54) is 6.07 Å². The second kappa shape index (κ2) is 6.14. The molecule has 0 saturated carbocycles. The second-order valence-corrected chi connectivity index (χ2v) is 5.17. The van der Waals surface area contributed by atoms with E-state index in [2.05, 4.69) is 11.2 Å². The molecule has 0 aliphatic heterocycles. The van der Waals surface area contributed by atoms with Crippen LogP contribution in [0.15, 0.2) is 18.2 Å². The van der Waals surface area contributed by atoms with Crippen LogP contribution in [0.3, 0.4) is 0 Å². The van der Waals surface area contributed by atoms with Crippen LogP contribution in [0.5, 0.6) is 5.75 Å². The maximum atomic E-state index is 11.7. The van der Waals surface area contributed by atoms with Crippen molar-refractivity contribution in [2.24, 2.45) is 0 Å². The smallest absolute Gasteiger partial charge is 0.412 e. The molecule has 4 heteroatoms. The van der Waals surface area contributed by atoms with Gasteiger partial charge in [-0.15, -0.1) is 12.3 Å². The molecule has 1 aromatic carbocycles. The molecule has 0 fully saturated rings. The average Bonchev–Trinajstić information content (AvgIpc) is 2.27. The molecular formula is C15H19NO3. The standard InChI is InChI=1S/C15H19NO3/c1-5-6-7-11-10-12(17)8-9-13(11)16-14(18)19-15(2,3)4/h1,8-10,17H,6-7H2,2-4H3,(H,16,18). The Hall–Kier alpha value is -2.15. The van der Waals surface area contributed by atoms with Gasteiger partial charge in [0.25, 0.3) is 0 Å². The van der Waals surface area contributed by atoms with E-state index in [-0.39, 0.29) is 5.75 Å². The molecule has 0 aliphatic rings. The number of hydrogen-bond donors (Lipinski definition) is 2. The Morgan fingerprint density at radius 1 is 1.47 bits per heavy atom. The van der Waals surface area contributed by atoms with Crippen molar-refractivity contribution < 1.29 is 14.6 Å². The number of carbonyl (C=O) groups excluding carboxylic acids is 1. The van der Waals surface area contributed by atoms with Gasteiger partial charge < -0.3 is 9.84 Å². The molecule has 19 heavy (non-hydrogen) atoms. The third-order valence-corrected chi connectivity index (χ3v) is 2.26. The molecule has 0 radical (unpaired) electrons. The van der Waals surface area contributed by atoms with E-state index >= 15 is 0 Å². The van der Waals surface area contributed by atoms with Crippen LogP contribution in [0.4, 0.5) is 10.5 Å². The highest BCUT2D eigenvalue weighted by molar-refractivity contribution is 5.86. The van der Waals surface area contributed by atoms with Crippen molar-refractivity contribution >= 4 is 11.8 Å². The summed E-state index contributed by atoms with van der Waals surface area (Å²) >= 11 is 0. The molecule has 0 bridgehead atoms. The molecule has 0 saturated heterocycles. The quantitative estimate of drug-likeness (QED) is 0.648. The number of phenolic OH excluding ortho intramolecular Hbond substituents is 1. The highest BCUT2D eigenvalue weighted by Crippen LogP contribution is 2.23.